The number of carbonyl (C=O) groups is 4. The summed E-state index contributed by atoms with van der Waals surface area (Å²) in [6.45, 7) is 12.2. The van der Waals surface area contributed by atoms with E-state index in [9.17, 15) is 29.2 Å². The van der Waals surface area contributed by atoms with Crippen LogP contribution < -0.4 is 30.7 Å². The Morgan fingerprint density at radius 3 is 2.18 bits per heavy atom. The van der Waals surface area contributed by atoms with E-state index < -0.39 is 17.5 Å². The van der Waals surface area contributed by atoms with Gasteiger partial charge < -0.3 is 24.8 Å². The van der Waals surface area contributed by atoms with Gasteiger partial charge in [0.25, 0.3) is 17.4 Å². The lowest BCUT2D eigenvalue weighted by molar-refractivity contribution is -0.164. The Labute approximate surface area is 352 Å². The molecular formula is C44H48ClN9O6. The first-order valence-electron chi connectivity index (χ1n) is 20.4. The van der Waals surface area contributed by atoms with Crippen molar-refractivity contribution in [3.63, 3.8) is 0 Å². The van der Waals surface area contributed by atoms with Crippen LogP contribution in [0.2, 0.25) is 5.02 Å². The lowest BCUT2D eigenvalue weighted by Crippen LogP contribution is -2.74. The van der Waals surface area contributed by atoms with Gasteiger partial charge in [0.1, 0.15) is 29.5 Å². The quantitative estimate of drug-likeness (QED) is 0.239. The van der Waals surface area contributed by atoms with Gasteiger partial charge in [0.15, 0.2) is 0 Å². The highest BCUT2D eigenvalue weighted by molar-refractivity contribution is 6.31. The number of piperidine rings is 2. The van der Waals surface area contributed by atoms with E-state index in [2.05, 4.69) is 64.5 Å². The number of fused-ring (bicyclic) bond motifs is 1. The summed E-state index contributed by atoms with van der Waals surface area (Å²) in [5.41, 5.74) is 2.02. The molecule has 8 rings (SSSR count). The minimum atomic E-state index is -0.891. The van der Waals surface area contributed by atoms with Gasteiger partial charge in [-0.2, -0.15) is 9.94 Å². The molecule has 1 saturated carbocycles. The highest BCUT2D eigenvalue weighted by Gasteiger charge is 2.64. The van der Waals surface area contributed by atoms with Gasteiger partial charge in [-0.15, -0.1) is 5.10 Å². The molecule has 4 amide bonds. The predicted octanol–water partition coefficient (Wildman–Crippen LogP) is 4.47. The number of benzene rings is 3. The van der Waals surface area contributed by atoms with Crippen LogP contribution in [0, 0.1) is 28.1 Å². The lowest BCUT2D eigenvalue weighted by Gasteiger charge is -2.63. The highest BCUT2D eigenvalue weighted by Crippen LogP contribution is 2.55. The molecule has 3 aliphatic heterocycles. The van der Waals surface area contributed by atoms with Crippen molar-refractivity contribution < 1.29 is 23.9 Å². The van der Waals surface area contributed by atoms with Crippen LogP contribution in [0.1, 0.15) is 75.3 Å². The molecule has 1 atom stereocenters. The first kappa shape index (κ1) is 40.8. The number of anilines is 2. The Kier molecular flexibility index (Phi) is 10.8. The summed E-state index contributed by atoms with van der Waals surface area (Å²) in [7, 11) is 0. The molecule has 60 heavy (non-hydrogen) atoms. The Morgan fingerprint density at radius 1 is 0.867 bits per heavy atom. The highest BCUT2D eigenvalue weighted by atomic mass is 35.5. The average Bonchev–Trinajstić information content (AvgIpc) is 3.25. The number of piperazine rings is 1. The van der Waals surface area contributed by atoms with Gasteiger partial charge in [-0.3, -0.25) is 29.3 Å². The number of imide groups is 1. The zero-order valence-corrected chi connectivity index (χ0v) is 34.9. The van der Waals surface area contributed by atoms with Crippen molar-refractivity contribution in [2.45, 2.75) is 71.6 Å². The van der Waals surface area contributed by atoms with Gasteiger partial charge >= 0.3 is 0 Å². The van der Waals surface area contributed by atoms with E-state index in [0.717, 1.165) is 16.1 Å². The van der Waals surface area contributed by atoms with Crippen molar-refractivity contribution in [3.8, 4) is 11.8 Å². The van der Waals surface area contributed by atoms with Gasteiger partial charge in [0, 0.05) is 91.5 Å². The number of aromatic nitrogens is 3. The summed E-state index contributed by atoms with van der Waals surface area (Å²) < 4.78 is 7.44. The van der Waals surface area contributed by atoms with Crippen molar-refractivity contribution in [1.82, 2.24) is 30.5 Å². The summed E-state index contributed by atoms with van der Waals surface area (Å²) in [6.07, 6.45) is 1.48. The van der Waals surface area contributed by atoms with Gasteiger partial charge in [0.05, 0.1) is 16.0 Å². The standard InChI is InChI=1S/C44H48ClN9O6/c1-43(2)41(44(3,4)42(43)60-31-11-7-28(25-46)33(45)24-31)48-37(56)26-5-8-29(9-6-26)52-19-21-53(22-20-52)39(58)27-15-17-51(18-16-27)30-10-12-34-32(23-30)40(59)54(50-49-34)35-13-14-36(55)47-38(35)57/h5-12,23-24,27,35,41-42H,13-22H2,1-4H3,(H,48,56)(H,47,55,57). The molecule has 1 unspecified atom stereocenters. The molecule has 4 aromatic rings. The molecule has 16 heteroatoms. The topological polar surface area (TPSA) is 183 Å². The summed E-state index contributed by atoms with van der Waals surface area (Å²) >= 11 is 6.25. The van der Waals surface area contributed by atoms with Crippen LogP contribution >= 0.6 is 11.6 Å². The van der Waals surface area contributed by atoms with Gasteiger partial charge in [0.2, 0.25) is 11.8 Å². The molecular weight excluding hydrogens is 786 g/mol. The maximum atomic E-state index is 13.7. The summed E-state index contributed by atoms with van der Waals surface area (Å²) in [4.78, 5) is 71.0. The number of hydrogen-bond acceptors (Lipinski definition) is 11. The number of ether oxygens (including phenoxy) is 1. The second-order valence-electron chi connectivity index (χ2n) is 17.4. The molecule has 15 nitrogen and oxygen atoms in total. The average molecular weight is 834 g/mol. The molecule has 3 aromatic carbocycles. The van der Waals surface area contributed by atoms with Crippen molar-refractivity contribution in [2.24, 2.45) is 16.7 Å². The van der Waals surface area contributed by atoms with E-state index in [-0.39, 0.29) is 59.5 Å². The fourth-order valence-corrected chi connectivity index (χ4v) is 10.0. The van der Waals surface area contributed by atoms with Crippen LogP contribution in [0.5, 0.6) is 5.75 Å². The molecule has 3 saturated heterocycles. The molecule has 0 spiro atoms. The number of nitrogens with zero attached hydrogens (tertiary/aromatic N) is 7. The molecule has 1 aromatic heterocycles. The van der Waals surface area contributed by atoms with Crippen molar-refractivity contribution in [3.05, 3.63) is 87.2 Å². The van der Waals surface area contributed by atoms with E-state index in [1.807, 2.05) is 35.2 Å². The zero-order chi connectivity index (χ0) is 42.5. The third-order valence-electron chi connectivity index (χ3n) is 12.9. The van der Waals surface area contributed by atoms with E-state index in [4.69, 9.17) is 16.3 Å². The minimum absolute atomic E-state index is 0.0939. The molecule has 4 heterocycles. The number of nitriles is 1. The van der Waals surface area contributed by atoms with Crippen LogP contribution in [0.15, 0.2) is 65.5 Å². The Bertz CT molecular complexity index is 2450. The van der Waals surface area contributed by atoms with Crippen LogP contribution in [-0.2, 0) is 14.4 Å². The van der Waals surface area contributed by atoms with Gasteiger partial charge in [-0.05, 0) is 73.9 Å². The molecule has 2 N–H and O–H groups in total. The first-order valence-corrected chi connectivity index (χ1v) is 20.8. The number of rotatable bonds is 8. The normalized spacial score (nSPS) is 22.7. The Morgan fingerprint density at radius 2 is 1.53 bits per heavy atom. The maximum Gasteiger partial charge on any atom is 0.278 e. The zero-order valence-electron chi connectivity index (χ0n) is 34.1. The molecule has 0 bridgehead atoms. The third kappa shape index (κ3) is 7.53. The number of hydrogen-bond donors (Lipinski definition) is 2. The maximum absolute atomic E-state index is 13.7. The smallest absolute Gasteiger partial charge is 0.278 e. The second kappa shape index (κ2) is 15.9. The number of amides is 4. The van der Waals surface area contributed by atoms with Gasteiger partial charge in [-0.1, -0.05) is 44.5 Å². The minimum Gasteiger partial charge on any atom is -0.489 e. The van der Waals surface area contributed by atoms with E-state index in [1.165, 1.54) is 0 Å². The number of nitrogens with one attached hydrogen (secondary N) is 2. The SMILES string of the molecule is CC1(C)C(NC(=O)c2ccc(N3CCN(C(=O)C4CCN(c5ccc6nnn(C7CCC(=O)NC7=O)c(=O)c6c5)CC4)CC3)cc2)C(C)(C)C1Oc1ccc(C#N)c(Cl)c1. The molecule has 4 aliphatic rings. The van der Waals surface area contributed by atoms with Crippen molar-refractivity contribution in [2.75, 3.05) is 49.1 Å². The number of halogens is 1. The molecule has 4 fully saturated rings. The van der Waals surface area contributed by atoms with E-state index in [1.54, 1.807) is 30.3 Å². The summed E-state index contributed by atoms with van der Waals surface area (Å²) in [5.74, 6) is -0.433. The largest absolute Gasteiger partial charge is 0.489 e. The number of carbonyl (C=O) groups excluding carboxylic acids is 4. The van der Waals surface area contributed by atoms with Crippen molar-refractivity contribution in [1.29, 1.82) is 5.26 Å². The summed E-state index contributed by atoms with van der Waals surface area (Å²) in [5, 5.41) is 23.6. The Hall–Kier alpha value is -6.01. The van der Waals surface area contributed by atoms with E-state index >= 15 is 0 Å². The van der Waals surface area contributed by atoms with Crippen LogP contribution in [-0.4, -0.2) is 94.9 Å². The van der Waals surface area contributed by atoms with Crippen LogP contribution in [0.25, 0.3) is 10.9 Å². The molecule has 312 valence electrons. The molecule has 0 radical (unpaired) electrons. The lowest BCUT2D eigenvalue weighted by atomic mass is 9.49. The van der Waals surface area contributed by atoms with Crippen LogP contribution in [0.3, 0.4) is 0 Å². The third-order valence-corrected chi connectivity index (χ3v) is 13.2. The van der Waals surface area contributed by atoms with Gasteiger partial charge in [-0.25, -0.2) is 0 Å². The monoisotopic (exact) mass is 833 g/mol. The molecule has 1 aliphatic carbocycles. The fourth-order valence-electron chi connectivity index (χ4n) is 9.82. The first-order chi connectivity index (χ1) is 28.6. The van der Waals surface area contributed by atoms with Crippen molar-refractivity contribution >= 4 is 57.5 Å². The predicted molar refractivity (Wildman–Crippen MR) is 225 cm³/mol. The Balaban J connectivity index is 0.819. The fraction of sp³-hybridized carbons (Fsp3) is 0.455. The second-order valence-corrected chi connectivity index (χ2v) is 17.8. The van der Waals surface area contributed by atoms with E-state index in [0.29, 0.717) is 84.9 Å². The summed E-state index contributed by atoms with van der Waals surface area (Å²) in [6, 6.07) is 19.1. The van der Waals surface area contributed by atoms with Crippen LogP contribution in [0.4, 0.5) is 11.4 Å².